The van der Waals surface area contributed by atoms with Gasteiger partial charge in [-0.05, 0) is 37.0 Å². The van der Waals surface area contributed by atoms with Gasteiger partial charge in [-0.1, -0.05) is 27.2 Å². The molecule has 1 fully saturated rings. The average molecular weight is 271 g/mol. The van der Waals surface area contributed by atoms with Gasteiger partial charge >= 0.3 is 6.09 Å². The molecule has 0 saturated heterocycles. The Hall–Kier alpha value is -0.770. The summed E-state index contributed by atoms with van der Waals surface area (Å²) in [4.78, 5) is 11.8. The van der Waals surface area contributed by atoms with Crippen LogP contribution < -0.4 is 5.32 Å². The molecular formula is C15H29NO3. The van der Waals surface area contributed by atoms with Crippen molar-refractivity contribution >= 4 is 6.09 Å². The van der Waals surface area contributed by atoms with Gasteiger partial charge in [-0.3, -0.25) is 0 Å². The van der Waals surface area contributed by atoms with Gasteiger partial charge in [-0.15, -0.1) is 0 Å². The van der Waals surface area contributed by atoms with Gasteiger partial charge in [-0.2, -0.15) is 0 Å². The molecule has 1 rings (SSSR count). The molecule has 1 unspecified atom stereocenters. The Morgan fingerprint density at radius 2 is 2.11 bits per heavy atom. The molecule has 0 spiro atoms. The Bertz CT molecular complexity index is 268. The summed E-state index contributed by atoms with van der Waals surface area (Å²) in [5, 5.41) is 2.80. The molecule has 112 valence electrons. The fourth-order valence-electron chi connectivity index (χ4n) is 2.84. The fourth-order valence-corrected chi connectivity index (χ4v) is 2.84. The maximum atomic E-state index is 11.8. The Balaban J connectivity index is 2.36. The van der Waals surface area contributed by atoms with Crippen LogP contribution in [0.4, 0.5) is 4.79 Å². The topological polar surface area (TPSA) is 47.6 Å². The molecule has 19 heavy (non-hydrogen) atoms. The quantitative estimate of drug-likeness (QED) is 0.755. The van der Waals surface area contributed by atoms with Crippen LogP contribution in [-0.4, -0.2) is 32.5 Å². The van der Waals surface area contributed by atoms with Crippen molar-refractivity contribution in [2.75, 3.05) is 20.3 Å². The lowest BCUT2D eigenvalue weighted by Gasteiger charge is -2.36. The first-order valence-corrected chi connectivity index (χ1v) is 7.48. The summed E-state index contributed by atoms with van der Waals surface area (Å²) >= 11 is 0. The molecule has 1 saturated carbocycles. The standard InChI is InChI=1S/C15H29NO3/c1-11(2)13-7-6-12(3)10-14(13)19-15(17)16-8-5-9-18-4/h11-14H,5-10H2,1-4H3,(H,16,17)/t12-,13+,14?/m1/s1. The van der Waals surface area contributed by atoms with E-state index in [0.717, 1.165) is 12.8 Å². The van der Waals surface area contributed by atoms with Crippen LogP contribution in [0, 0.1) is 17.8 Å². The van der Waals surface area contributed by atoms with E-state index in [1.54, 1.807) is 7.11 Å². The van der Waals surface area contributed by atoms with Gasteiger partial charge in [0.05, 0.1) is 0 Å². The summed E-state index contributed by atoms with van der Waals surface area (Å²) in [5.74, 6) is 1.72. The summed E-state index contributed by atoms with van der Waals surface area (Å²) < 4.78 is 10.6. The van der Waals surface area contributed by atoms with Crippen LogP contribution in [0.2, 0.25) is 0 Å². The van der Waals surface area contributed by atoms with E-state index >= 15 is 0 Å². The van der Waals surface area contributed by atoms with Gasteiger partial charge < -0.3 is 14.8 Å². The molecule has 0 heterocycles. The van der Waals surface area contributed by atoms with E-state index in [4.69, 9.17) is 9.47 Å². The normalized spacial score (nSPS) is 27.3. The molecule has 0 bridgehead atoms. The van der Waals surface area contributed by atoms with E-state index in [2.05, 4.69) is 26.1 Å². The maximum absolute atomic E-state index is 11.8. The minimum Gasteiger partial charge on any atom is -0.446 e. The van der Waals surface area contributed by atoms with Crippen LogP contribution >= 0.6 is 0 Å². The summed E-state index contributed by atoms with van der Waals surface area (Å²) in [6.45, 7) is 7.95. The third-order valence-electron chi connectivity index (χ3n) is 4.01. The van der Waals surface area contributed by atoms with E-state index in [1.165, 1.54) is 12.8 Å². The van der Waals surface area contributed by atoms with Crippen molar-refractivity contribution in [3.05, 3.63) is 0 Å². The number of ether oxygens (including phenoxy) is 2. The third-order valence-corrected chi connectivity index (χ3v) is 4.01. The zero-order chi connectivity index (χ0) is 14.3. The lowest BCUT2D eigenvalue weighted by Crippen LogP contribution is -2.39. The van der Waals surface area contributed by atoms with Crippen LogP contribution in [0.5, 0.6) is 0 Å². The molecule has 0 radical (unpaired) electrons. The molecular weight excluding hydrogens is 242 g/mol. The van der Waals surface area contributed by atoms with Crippen molar-refractivity contribution in [2.45, 2.75) is 52.6 Å². The predicted molar refractivity (Wildman–Crippen MR) is 76.1 cm³/mol. The monoisotopic (exact) mass is 271 g/mol. The minimum absolute atomic E-state index is 0.0752. The molecule has 1 amide bonds. The second kappa shape index (κ2) is 8.41. The van der Waals surface area contributed by atoms with Crippen molar-refractivity contribution < 1.29 is 14.3 Å². The van der Waals surface area contributed by atoms with Crippen molar-refractivity contribution in [2.24, 2.45) is 17.8 Å². The van der Waals surface area contributed by atoms with Crippen LogP contribution in [0.3, 0.4) is 0 Å². The van der Waals surface area contributed by atoms with E-state index in [1.807, 2.05) is 0 Å². The number of hydrogen-bond acceptors (Lipinski definition) is 3. The van der Waals surface area contributed by atoms with E-state index in [9.17, 15) is 4.79 Å². The van der Waals surface area contributed by atoms with Crippen LogP contribution in [0.1, 0.15) is 46.5 Å². The summed E-state index contributed by atoms with van der Waals surface area (Å²) in [7, 11) is 1.66. The van der Waals surface area contributed by atoms with Gasteiger partial charge in [0, 0.05) is 20.3 Å². The molecule has 1 N–H and O–H groups in total. The molecule has 0 aromatic carbocycles. The highest BCUT2D eigenvalue weighted by Crippen LogP contribution is 2.35. The molecule has 3 atom stereocenters. The number of carbonyl (C=O) groups excluding carboxylic acids is 1. The number of methoxy groups -OCH3 is 1. The van der Waals surface area contributed by atoms with E-state index in [-0.39, 0.29) is 12.2 Å². The highest BCUT2D eigenvalue weighted by molar-refractivity contribution is 5.67. The zero-order valence-electron chi connectivity index (χ0n) is 12.8. The molecule has 0 aliphatic heterocycles. The van der Waals surface area contributed by atoms with Crippen molar-refractivity contribution in [3.8, 4) is 0 Å². The van der Waals surface area contributed by atoms with Gasteiger partial charge in [0.1, 0.15) is 6.10 Å². The average Bonchev–Trinajstić information content (AvgIpc) is 2.34. The lowest BCUT2D eigenvalue weighted by molar-refractivity contribution is 0.00609. The predicted octanol–water partition coefficient (Wildman–Crippen LogP) is 3.21. The Morgan fingerprint density at radius 1 is 1.37 bits per heavy atom. The van der Waals surface area contributed by atoms with Gasteiger partial charge in [0.15, 0.2) is 0 Å². The van der Waals surface area contributed by atoms with Crippen LogP contribution in [0.25, 0.3) is 0 Å². The van der Waals surface area contributed by atoms with Crippen molar-refractivity contribution in [1.29, 1.82) is 0 Å². The number of nitrogens with one attached hydrogen (secondary N) is 1. The molecule has 4 heteroatoms. The highest BCUT2D eigenvalue weighted by atomic mass is 16.6. The smallest absolute Gasteiger partial charge is 0.407 e. The van der Waals surface area contributed by atoms with Gasteiger partial charge in [0.2, 0.25) is 0 Å². The van der Waals surface area contributed by atoms with Crippen molar-refractivity contribution in [3.63, 3.8) is 0 Å². The van der Waals surface area contributed by atoms with E-state index < -0.39 is 0 Å². The second-order valence-corrected chi connectivity index (χ2v) is 6.04. The van der Waals surface area contributed by atoms with E-state index in [0.29, 0.717) is 30.9 Å². The van der Waals surface area contributed by atoms with Crippen LogP contribution in [0.15, 0.2) is 0 Å². The largest absolute Gasteiger partial charge is 0.446 e. The first kappa shape index (κ1) is 16.3. The summed E-state index contributed by atoms with van der Waals surface area (Å²) in [5.41, 5.74) is 0. The zero-order valence-corrected chi connectivity index (χ0v) is 12.8. The minimum atomic E-state index is -0.277. The SMILES string of the molecule is COCCCNC(=O)OC1C[C@H](C)CC[C@H]1C(C)C. The molecule has 4 nitrogen and oxygen atoms in total. The first-order chi connectivity index (χ1) is 9.04. The van der Waals surface area contributed by atoms with Crippen LogP contribution in [-0.2, 0) is 9.47 Å². The number of amides is 1. The Morgan fingerprint density at radius 3 is 2.74 bits per heavy atom. The molecule has 0 aromatic rings. The lowest BCUT2D eigenvalue weighted by atomic mass is 9.75. The summed E-state index contributed by atoms with van der Waals surface area (Å²) in [6, 6.07) is 0. The number of hydrogen-bond donors (Lipinski definition) is 1. The Kier molecular flexibility index (Phi) is 7.21. The third kappa shape index (κ3) is 5.81. The molecule has 1 aliphatic carbocycles. The van der Waals surface area contributed by atoms with Crippen molar-refractivity contribution in [1.82, 2.24) is 5.32 Å². The second-order valence-electron chi connectivity index (χ2n) is 6.04. The summed E-state index contributed by atoms with van der Waals surface area (Å²) in [6.07, 6.45) is 4.03. The first-order valence-electron chi connectivity index (χ1n) is 7.48. The molecule has 1 aliphatic rings. The number of rotatable bonds is 6. The fraction of sp³-hybridized carbons (Fsp3) is 0.933. The van der Waals surface area contributed by atoms with Gasteiger partial charge in [0.25, 0.3) is 0 Å². The molecule has 0 aromatic heterocycles. The highest BCUT2D eigenvalue weighted by Gasteiger charge is 2.33. The Labute approximate surface area is 117 Å². The maximum Gasteiger partial charge on any atom is 0.407 e. The van der Waals surface area contributed by atoms with Gasteiger partial charge in [-0.25, -0.2) is 4.79 Å². The number of alkyl carbamates (subject to hydrolysis) is 1. The number of carbonyl (C=O) groups is 1.